The first-order chi connectivity index (χ1) is 36.6. The van der Waals surface area contributed by atoms with Crippen LogP contribution < -0.4 is 21.1 Å². The lowest BCUT2D eigenvalue weighted by Crippen LogP contribution is -2.58. The molecule has 0 spiro atoms. The van der Waals surface area contributed by atoms with E-state index in [0.29, 0.717) is 29.7 Å². The molecule has 2 aromatic rings. The van der Waals surface area contributed by atoms with Gasteiger partial charge in [-0.15, -0.1) is 0 Å². The number of hydrogen-bond donors (Lipinski definition) is 5. The summed E-state index contributed by atoms with van der Waals surface area (Å²) in [6.07, 6.45) is -4.02. The molecule has 0 aromatic heterocycles. The highest BCUT2D eigenvalue weighted by molar-refractivity contribution is 6.05. The van der Waals surface area contributed by atoms with Gasteiger partial charge in [-0.1, -0.05) is 104 Å². The Morgan fingerprint density at radius 1 is 0.782 bits per heavy atom. The van der Waals surface area contributed by atoms with Crippen molar-refractivity contribution in [1.29, 1.82) is 0 Å². The Bertz CT molecular complexity index is 2330. The van der Waals surface area contributed by atoms with Crippen molar-refractivity contribution < 1.29 is 72.3 Å². The third-order valence-corrected chi connectivity index (χ3v) is 14.2. The number of nitrogens with two attached hydrogens (primary N) is 1. The number of amides is 5. The number of carboxylic acid groups (broad SMARTS) is 1. The average Bonchev–Trinajstić information content (AvgIpc) is 3.90. The number of likely N-dealkylation sites (N-methyl/N-ethyl adjacent to an activating group) is 2. The molecule has 78 heavy (non-hydrogen) atoms. The van der Waals surface area contributed by atoms with E-state index in [4.69, 9.17) is 24.7 Å². The summed E-state index contributed by atoms with van der Waals surface area (Å²) in [7, 11) is 4.21. The fourth-order valence-corrected chi connectivity index (χ4v) is 9.07. The quantitative estimate of drug-likeness (QED) is 0.0404. The lowest BCUT2D eigenvalue weighted by molar-refractivity contribution is -0.164. The van der Waals surface area contributed by atoms with E-state index in [1.165, 1.54) is 40.0 Å². The number of carbonyl (C=O) groups is 9. The Morgan fingerprint density at radius 2 is 1.40 bits per heavy atom. The first-order valence-corrected chi connectivity index (χ1v) is 27.0. The van der Waals surface area contributed by atoms with E-state index >= 15 is 0 Å². The number of aliphatic carboxylic acids is 1. The number of nitrogens with zero attached hydrogens (tertiary/aromatic N) is 3. The van der Waals surface area contributed by atoms with Crippen molar-refractivity contribution in [3.8, 4) is 5.75 Å². The third kappa shape index (κ3) is 19.1. The van der Waals surface area contributed by atoms with Gasteiger partial charge in [-0.3, -0.25) is 33.7 Å². The van der Waals surface area contributed by atoms with Crippen LogP contribution in [0.3, 0.4) is 0 Å². The maximum absolute atomic E-state index is 14.7. The van der Waals surface area contributed by atoms with Gasteiger partial charge in [-0.25, -0.2) is 14.4 Å². The summed E-state index contributed by atoms with van der Waals surface area (Å²) in [5, 5.41) is 26.2. The van der Waals surface area contributed by atoms with E-state index in [1.54, 1.807) is 62.4 Å². The molecule has 2 aromatic carbocycles. The molecule has 1 heterocycles. The van der Waals surface area contributed by atoms with E-state index in [9.17, 15) is 53.4 Å². The summed E-state index contributed by atoms with van der Waals surface area (Å²) in [6.45, 7) is 17.0. The van der Waals surface area contributed by atoms with Crippen LogP contribution in [0, 0.1) is 29.6 Å². The van der Waals surface area contributed by atoms with Crippen molar-refractivity contribution in [2.75, 3.05) is 27.7 Å². The van der Waals surface area contributed by atoms with Crippen LogP contribution in [0.15, 0.2) is 54.6 Å². The van der Waals surface area contributed by atoms with Crippen molar-refractivity contribution in [2.45, 2.75) is 175 Å². The number of hydrogen-bond acceptors (Lipinski definition) is 15. The standard InChI is InChI=1S/C57H86N6O15/c1-14-35(8)47(58)45(64)30-46(65)78-50(34(6)7)49(66)36(9)51(67)59-41(27-32(2)3)53(69)63-26-18-21-42(63)54(70)61(11)44(29-38-22-24-40(75-13)25-23-38)56(73)77-37(10)48(55(71)72)60-52(68)43(28-33(4)5)62(12)57(74)76-31-39-19-16-15-17-20-39/h15-17,19-20,22-25,32-37,41-45,47-48,50,64H,14,18,21,26-31,58H2,1-13H3,(H,59,67)(H,60,68)(H,71,72)/t35-,36+,37-,41+,42+,43-,44+,45-,47+,48+,50-/m1/s1. The zero-order valence-corrected chi connectivity index (χ0v) is 47.8. The van der Waals surface area contributed by atoms with E-state index in [0.717, 1.165) is 9.80 Å². The third-order valence-electron chi connectivity index (χ3n) is 14.2. The zero-order valence-electron chi connectivity index (χ0n) is 47.8. The Hall–Kier alpha value is -6.61. The lowest BCUT2D eigenvalue weighted by atomic mass is 9.92. The van der Waals surface area contributed by atoms with Gasteiger partial charge >= 0.3 is 24.0 Å². The molecule has 1 aliphatic heterocycles. The second-order valence-corrected chi connectivity index (χ2v) is 21.7. The number of aliphatic hydroxyl groups is 1. The molecule has 0 unspecified atom stereocenters. The number of benzene rings is 2. The van der Waals surface area contributed by atoms with Crippen molar-refractivity contribution in [3.63, 3.8) is 0 Å². The Balaban J connectivity index is 1.87. The number of carbonyl (C=O) groups excluding carboxylic acids is 8. The fraction of sp³-hybridized carbons (Fsp3) is 0.632. The molecule has 0 saturated carbocycles. The molecule has 0 radical (unpaired) electrons. The topological polar surface area (TPSA) is 291 Å². The van der Waals surface area contributed by atoms with Gasteiger partial charge in [0.15, 0.2) is 17.9 Å². The van der Waals surface area contributed by atoms with Gasteiger partial charge in [-0.2, -0.15) is 0 Å². The minimum absolute atomic E-state index is 0.0698. The van der Waals surface area contributed by atoms with Crippen molar-refractivity contribution in [3.05, 3.63) is 65.7 Å². The van der Waals surface area contributed by atoms with Crippen LogP contribution in [0.5, 0.6) is 5.75 Å². The van der Waals surface area contributed by atoms with Crippen molar-refractivity contribution in [1.82, 2.24) is 25.3 Å². The fourth-order valence-electron chi connectivity index (χ4n) is 9.07. The Labute approximate surface area is 459 Å². The minimum atomic E-state index is -1.81. The summed E-state index contributed by atoms with van der Waals surface area (Å²) >= 11 is 0. The molecule has 434 valence electrons. The van der Waals surface area contributed by atoms with E-state index < -0.39 is 126 Å². The number of nitrogens with one attached hydrogen (secondary N) is 2. The van der Waals surface area contributed by atoms with Gasteiger partial charge in [0.25, 0.3) is 0 Å². The smallest absolute Gasteiger partial charge is 0.410 e. The first kappa shape index (κ1) is 65.7. The lowest BCUT2D eigenvalue weighted by Gasteiger charge is -2.35. The largest absolute Gasteiger partial charge is 0.497 e. The predicted molar refractivity (Wildman–Crippen MR) is 289 cm³/mol. The van der Waals surface area contributed by atoms with Gasteiger partial charge < -0.3 is 55.3 Å². The van der Waals surface area contributed by atoms with Crippen LogP contribution in [-0.4, -0.2) is 161 Å². The molecule has 1 aliphatic rings. The number of ketones is 1. The SMILES string of the molecule is CC[C@@H](C)[C@H](N)[C@H](O)CC(=O)O[C@@H](C(=O)[C@H](C)C(=O)N[C@@H](CC(C)C)C(=O)N1CCC[C@H]1C(=O)N(C)[C@@H](Cc1ccc(OC)cc1)C(=O)O[C@H](C)[C@H](NC(=O)[C@@H](CC(C)C)N(C)C(=O)OCc1ccccc1)C(=O)O)C(C)C. The van der Waals surface area contributed by atoms with Crippen molar-refractivity contribution >= 4 is 53.4 Å². The van der Waals surface area contributed by atoms with Gasteiger partial charge in [0, 0.05) is 33.1 Å². The van der Waals surface area contributed by atoms with Gasteiger partial charge in [-0.05, 0) is 86.5 Å². The van der Waals surface area contributed by atoms with Crippen LogP contribution >= 0.6 is 0 Å². The van der Waals surface area contributed by atoms with Crippen molar-refractivity contribution in [2.24, 2.45) is 35.3 Å². The predicted octanol–water partition coefficient (Wildman–Crippen LogP) is 4.67. The second-order valence-electron chi connectivity index (χ2n) is 21.7. The summed E-state index contributed by atoms with van der Waals surface area (Å²) in [5.41, 5.74) is 7.39. The Kier molecular flexibility index (Phi) is 26.2. The minimum Gasteiger partial charge on any atom is -0.497 e. The van der Waals surface area contributed by atoms with Crippen LogP contribution in [0.25, 0.3) is 0 Å². The molecule has 21 heteroatoms. The summed E-state index contributed by atoms with van der Waals surface area (Å²) in [4.78, 5) is 128. The molecule has 6 N–H and O–H groups in total. The highest BCUT2D eigenvalue weighted by Gasteiger charge is 2.44. The second kappa shape index (κ2) is 31.1. The van der Waals surface area contributed by atoms with Gasteiger partial charge in [0.1, 0.15) is 42.6 Å². The molecule has 5 amide bonds. The number of aliphatic hydroxyl groups excluding tert-OH is 1. The molecular weight excluding hydrogens is 1010 g/mol. The summed E-state index contributed by atoms with van der Waals surface area (Å²) in [6, 6.07) is 8.15. The molecule has 11 atom stereocenters. The molecular formula is C57H86N6O15. The summed E-state index contributed by atoms with van der Waals surface area (Å²) < 4.78 is 22.1. The average molecular weight is 1100 g/mol. The maximum atomic E-state index is 14.7. The molecule has 21 nitrogen and oxygen atoms in total. The van der Waals surface area contributed by atoms with E-state index in [2.05, 4.69) is 10.6 Å². The Morgan fingerprint density at radius 3 is 1.95 bits per heavy atom. The van der Waals surface area contributed by atoms with E-state index in [-0.39, 0.29) is 56.6 Å². The number of methoxy groups -OCH3 is 1. The molecule has 3 rings (SSSR count). The molecule has 1 fully saturated rings. The van der Waals surface area contributed by atoms with Crippen LogP contribution in [-0.2, 0) is 65.6 Å². The number of rotatable bonds is 30. The maximum Gasteiger partial charge on any atom is 0.410 e. The number of ether oxygens (including phenoxy) is 4. The van der Waals surface area contributed by atoms with Crippen LogP contribution in [0.4, 0.5) is 4.79 Å². The zero-order chi connectivity index (χ0) is 58.7. The van der Waals surface area contributed by atoms with Crippen LogP contribution in [0.2, 0.25) is 0 Å². The number of carboxylic acids is 1. The highest BCUT2D eigenvalue weighted by atomic mass is 16.6. The monoisotopic (exact) mass is 1090 g/mol. The number of likely N-dealkylation sites (tertiary alicyclic amines) is 1. The molecule has 0 bridgehead atoms. The number of Topliss-reactive ketones (excluding diaryl/α,β-unsaturated/α-hetero) is 1. The van der Waals surface area contributed by atoms with Gasteiger partial charge in [0.05, 0.1) is 25.6 Å². The highest BCUT2D eigenvalue weighted by Crippen LogP contribution is 2.26. The van der Waals surface area contributed by atoms with Gasteiger partial charge in [0.2, 0.25) is 23.6 Å². The molecule has 1 saturated heterocycles. The van der Waals surface area contributed by atoms with Crippen LogP contribution in [0.1, 0.15) is 119 Å². The first-order valence-electron chi connectivity index (χ1n) is 27.0. The number of esters is 2. The molecule has 0 aliphatic carbocycles. The summed E-state index contributed by atoms with van der Waals surface area (Å²) in [5.74, 6) is -8.86. The van der Waals surface area contributed by atoms with E-state index in [1.807, 2.05) is 47.6 Å². The normalized spacial score (nSPS) is 17.3.